The summed E-state index contributed by atoms with van der Waals surface area (Å²) in [6, 6.07) is 0. The number of amides is 1. The van der Waals surface area contributed by atoms with Crippen LogP contribution in [0.15, 0.2) is 0 Å². The van der Waals surface area contributed by atoms with Gasteiger partial charge in [-0.15, -0.1) is 0 Å². The van der Waals surface area contributed by atoms with E-state index in [-0.39, 0.29) is 6.54 Å². The van der Waals surface area contributed by atoms with Crippen LogP contribution in [0.25, 0.3) is 0 Å². The highest BCUT2D eigenvalue weighted by atomic mass is 16.4. The van der Waals surface area contributed by atoms with Crippen LogP contribution in [0.5, 0.6) is 0 Å². The second-order valence-corrected chi connectivity index (χ2v) is 2.21. The maximum Gasteiger partial charge on any atom is 0.311 e. The van der Waals surface area contributed by atoms with Crippen molar-refractivity contribution >= 4 is 12.4 Å². The van der Waals surface area contributed by atoms with E-state index >= 15 is 0 Å². The first-order valence-corrected chi connectivity index (χ1v) is 2.89. The zero-order chi connectivity index (χ0) is 8.15. The summed E-state index contributed by atoms with van der Waals surface area (Å²) in [5.74, 6) is -1.42. The average Bonchev–Trinajstić information content (AvgIpc) is 1.87. The summed E-state index contributed by atoms with van der Waals surface area (Å²) in [6.45, 7) is 1.75. The summed E-state index contributed by atoms with van der Waals surface area (Å²) >= 11 is 0. The van der Waals surface area contributed by atoms with Crippen molar-refractivity contribution in [1.29, 1.82) is 0 Å². The summed E-state index contributed by atoms with van der Waals surface area (Å²) < 4.78 is 0. The van der Waals surface area contributed by atoms with Gasteiger partial charge in [-0.25, -0.2) is 0 Å². The van der Waals surface area contributed by atoms with Crippen molar-refractivity contribution in [2.45, 2.75) is 6.92 Å². The van der Waals surface area contributed by atoms with Gasteiger partial charge >= 0.3 is 12.4 Å². The summed E-state index contributed by atoms with van der Waals surface area (Å²) in [5.41, 5.74) is 0. The smallest absolute Gasteiger partial charge is 0.311 e. The van der Waals surface area contributed by atoms with Crippen molar-refractivity contribution in [1.82, 2.24) is 4.90 Å². The van der Waals surface area contributed by atoms with Crippen molar-refractivity contribution in [3.8, 4) is 0 Å². The molecule has 0 spiro atoms. The van der Waals surface area contributed by atoms with Crippen LogP contribution in [-0.2, 0) is 9.59 Å². The van der Waals surface area contributed by atoms with E-state index in [2.05, 4.69) is 0 Å². The lowest BCUT2D eigenvalue weighted by molar-refractivity contribution is -0.141. The highest BCUT2D eigenvalue weighted by molar-refractivity contribution is 5.70. The molecule has 0 aliphatic heterocycles. The third-order valence-electron chi connectivity index (χ3n) is 1.13. The molecule has 0 rings (SSSR count). The molecule has 1 unspecified atom stereocenters. The minimum absolute atomic E-state index is 0.207. The molecule has 0 heterocycles. The highest BCUT2D eigenvalue weighted by Gasteiger charge is 2.12. The van der Waals surface area contributed by atoms with Crippen LogP contribution in [0.4, 0.5) is 0 Å². The van der Waals surface area contributed by atoms with Crippen molar-refractivity contribution in [2.24, 2.45) is 5.92 Å². The largest absolute Gasteiger partial charge is 0.481 e. The third-order valence-corrected chi connectivity index (χ3v) is 1.13. The fraction of sp³-hybridized carbons (Fsp3) is 0.667. The summed E-state index contributed by atoms with van der Waals surface area (Å²) in [7, 11) is 1.49. The molecule has 1 atom stereocenters. The predicted octanol–water partition coefficient (Wildman–Crippen LogP) is -0.294. The number of nitrogens with zero attached hydrogens (tertiary/aromatic N) is 1. The number of aliphatic carboxylic acids is 1. The lowest BCUT2D eigenvalue weighted by Crippen LogP contribution is -2.27. The molecule has 0 saturated carbocycles. The van der Waals surface area contributed by atoms with Crippen LogP contribution >= 0.6 is 0 Å². The van der Waals surface area contributed by atoms with Gasteiger partial charge in [-0.1, -0.05) is 6.92 Å². The van der Waals surface area contributed by atoms with Crippen molar-refractivity contribution in [2.75, 3.05) is 13.6 Å². The molecule has 0 aliphatic rings. The zero-order valence-electron chi connectivity index (χ0n) is 6.00. The Hall–Kier alpha value is -1.06. The van der Waals surface area contributed by atoms with Crippen molar-refractivity contribution in [3.05, 3.63) is 0 Å². The molecule has 4 heteroatoms. The molecule has 0 bridgehead atoms. The molecule has 57 valence electrons. The lowest BCUT2D eigenvalue weighted by atomic mass is 10.2. The molecule has 0 fully saturated rings. The first kappa shape index (κ1) is 8.94. The fourth-order valence-electron chi connectivity index (χ4n) is 0.526. The van der Waals surface area contributed by atoms with Gasteiger partial charge in [-0.2, -0.15) is 0 Å². The molecule has 0 saturated heterocycles. The van der Waals surface area contributed by atoms with Gasteiger partial charge in [-0.05, 0) is 0 Å². The average molecular weight is 144 g/mol. The second kappa shape index (κ2) is 3.87. The van der Waals surface area contributed by atoms with Gasteiger partial charge in [0.15, 0.2) is 0 Å². The Balaban J connectivity index is 3.67. The number of carboxylic acids is 1. The summed E-state index contributed by atoms with van der Waals surface area (Å²) in [5, 5.41) is 8.37. The minimum Gasteiger partial charge on any atom is -0.481 e. The van der Waals surface area contributed by atoms with E-state index in [0.29, 0.717) is 0 Å². The Kier molecular flexibility index (Phi) is 3.46. The fourth-order valence-corrected chi connectivity index (χ4v) is 0.526. The van der Waals surface area contributed by atoms with E-state index in [0.717, 1.165) is 0 Å². The normalized spacial score (nSPS) is 12.2. The molecule has 0 aromatic rings. The van der Waals surface area contributed by atoms with Crippen LogP contribution in [-0.4, -0.2) is 36.0 Å². The van der Waals surface area contributed by atoms with E-state index in [1.54, 1.807) is 6.41 Å². The van der Waals surface area contributed by atoms with Gasteiger partial charge < -0.3 is 10.0 Å². The number of carbonyl (C=O) groups is 1. The maximum atomic E-state index is 10.2. The van der Waals surface area contributed by atoms with E-state index in [4.69, 9.17) is 5.11 Å². The Morgan fingerprint density at radius 1 is 1.80 bits per heavy atom. The quantitative estimate of drug-likeness (QED) is 0.551. The van der Waals surface area contributed by atoms with Gasteiger partial charge in [0.2, 0.25) is 0 Å². The molecule has 1 N–H and O–H groups in total. The number of hydrogen-bond donors (Lipinski definition) is 1. The number of hydrogen-bond acceptors (Lipinski definition) is 2. The van der Waals surface area contributed by atoms with Crippen LogP contribution in [0, 0.1) is 5.92 Å². The number of carbonyl (C=O) groups excluding carboxylic acids is 1. The summed E-state index contributed by atoms with van der Waals surface area (Å²) in [4.78, 5) is 21.2. The van der Waals surface area contributed by atoms with E-state index in [1.807, 2.05) is 0 Å². The topological polar surface area (TPSA) is 57.6 Å². The maximum absolute atomic E-state index is 10.2. The standard InChI is InChI=1S/C6H10NO3/c1-5(6(9)10)3-7(2)4-8/h5H,3H2,1-2H3,(H,9,10). The van der Waals surface area contributed by atoms with Crippen LogP contribution in [0.2, 0.25) is 0 Å². The van der Waals surface area contributed by atoms with Gasteiger partial charge in [0.25, 0.3) is 0 Å². The molecule has 0 aromatic carbocycles. The minimum atomic E-state index is -0.901. The molecule has 1 amide bonds. The Labute approximate surface area is 59.4 Å². The molecule has 0 aliphatic carbocycles. The van der Waals surface area contributed by atoms with E-state index in [1.165, 1.54) is 18.9 Å². The molecule has 4 nitrogen and oxygen atoms in total. The van der Waals surface area contributed by atoms with Crippen LogP contribution in [0.1, 0.15) is 6.92 Å². The zero-order valence-corrected chi connectivity index (χ0v) is 6.00. The lowest BCUT2D eigenvalue weighted by Gasteiger charge is -2.11. The molecular weight excluding hydrogens is 134 g/mol. The second-order valence-electron chi connectivity index (χ2n) is 2.21. The molecule has 10 heavy (non-hydrogen) atoms. The predicted molar refractivity (Wildman–Crippen MR) is 35.1 cm³/mol. The van der Waals surface area contributed by atoms with Gasteiger partial charge in [0.05, 0.1) is 5.92 Å². The van der Waals surface area contributed by atoms with Gasteiger partial charge in [0.1, 0.15) is 0 Å². The first-order chi connectivity index (χ1) is 4.57. The molecular formula is C6H10NO3. The first-order valence-electron chi connectivity index (χ1n) is 2.89. The molecule has 1 radical (unpaired) electrons. The summed E-state index contributed by atoms with van der Waals surface area (Å²) in [6.07, 6.45) is 1.57. The van der Waals surface area contributed by atoms with Crippen LogP contribution < -0.4 is 0 Å². The van der Waals surface area contributed by atoms with Crippen molar-refractivity contribution in [3.63, 3.8) is 0 Å². The van der Waals surface area contributed by atoms with Crippen LogP contribution in [0.3, 0.4) is 0 Å². The number of carboxylic acid groups (broad SMARTS) is 1. The Morgan fingerprint density at radius 3 is 2.60 bits per heavy atom. The van der Waals surface area contributed by atoms with Gasteiger partial charge in [-0.3, -0.25) is 9.59 Å². The van der Waals surface area contributed by atoms with Crippen molar-refractivity contribution < 1.29 is 14.7 Å². The molecule has 0 aromatic heterocycles. The third kappa shape index (κ3) is 3.06. The SMILES string of the molecule is CC(CN(C)[C]=O)C(=O)O. The monoisotopic (exact) mass is 144 g/mol. The Bertz CT molecular complexity index is 135. The highest BCUT2D eigenvalue weighted by Crippen LogP contribution is 1.95. The van der Waals surface area contributed by atoms with E-state index in [9.17, 15) is 9.59 Å². The van der Waals surface area contributed by atoms with Gasteiger partial charge in [0, 0.05) is 13.6 Å². The van der Waals surface area contributed by atoms with E-state index < -0.39 is 11.9 Å². The number of rotatable bonds is 4. The Morgan fingerprint density at radius 2 is 2.30 bits per heavy atom.